The van der Waals surface area contributed by atoms with E-state index in [1.807, 2.05) is 5.38 Å². The highest BCUT2D eigenvalue weighted by Gasteiger charge is 2.11. The van der Waals surface area contributed by atoms with Crippen molar-refractivity contribution in [1.29, 1.82) is 0 Å². The second kappa shape index (κ2) is 5.18. The van der Waals surface area contributed by atoms with E-state index >= 15 is 0 Å². The molecule has 0 spiro atoms. The third kappa shape index (κ3) is 2.46. The Morgan fingerprint density at radius 3 is 2.62 bits per heavy atom. The third-order valence-corrected chi connectivity index (χ3v) is 3.10. The first-order chi connectivity index (χ1) is 7.81. The molecule has 1 unspecified atom stereocenters. The third-order valence-electron chi connectivity index (χ3n) is 2.57. The monoisotopic (exact) mass is 233 g/mol. The fourth-order valence-electron chi connectivity index (χ4n) is 1.66. The summed E-state index contributed by atoms with van der Waals surface area (Å²) in [6.07, 6.45) is 2.29. The van der Waals surface area contributed by atoms with E-state index < -0.39 is 0 Å². The number of rotatable bonds is 4. The molecule has 0 aliphatic heterocycles. The van der Waals surface area contributed by atoms with Crippen molar-refractivity contribution in [2.24, 2.45) is 5.73 Å². The number of hydrogen-bond acceptors (Lipinski definition) is 4. The maximum absolute atomic E-state index is 6.09. The Bertz CT molecular complexity index is 422. The quantitative estimate of drug-likeness (QED) is 0.883. The maximum Gasteiger partial charge on any atom is 0.0967 e. The molecule has 0 fully saturated rings. The molecule has 16 heavy (non-hydrogen) atoms. The summed E-state index contributed by atoms with van der Waals surface area (Å²) in [4.78, 5) is 0. The number of hydrogen-bond donors (Lipinski definition) is 1. The molecule has 1 heterocycles. The minimum atomic E-state index is -0.158. The van der Waals surface area contributed by atoms with Crippen LogP contribution in [-0.2, 0) is 6.42 Å². The van der Waals surface area contributed by atoms with E-state index in [1.54, 1.807) is 0 Å². The lowest BCUT2D eigenvalue weighted by molar-refractivity contribution is 0.816. The largest absolute Gasteiger partial charge is 0.319 e. The predicted molar refractivity (Wildman–Crippen MR) is 66.4 cm³/mol. The summed E-state index contributed by atoms with van der Waals surface area (Å²) in [5, 5.41) is 5.89. The Hall–Kier alpha value is -1.26. The van der Waals surface area contributed by atoms with Crippen LogP contribution in [0.25, 0.3) is 0 Å². The number of aromatic nitrogens is 2. The van der Waals surface area contributed by atoms with Gasteiger partial charge in [0.2, 0.25) is 0 Å². The second-order valence-corrected chi connectivity index (χ2v) is 4.41. The van der Waals surface area contributed by atoms with Crippen LogP contribution in [0.5, 0.6) is 0 Å². The molecule has 2 aromatic rings. The fourth-order valence-corrected chi connectivity index (χ4v) is 2.15. The molecule has 1 aromatic heterocycles. The summed E-state index contributed by atoms with van der Waals surface area (Å²) in [5.41, 5.74) is 9.38. The van der Waals surface area contributed by atoms with Crippen LogP contribution in [0.1, 0.15) is 36.2 Å². The maximum atomic E-state index is 6.09. The lowest BCUT2D eigenvalue weighted by atomic mass is 10.0. The normalized spacial score (nSPS) is 12.6. The van der Waals surface area contributed by atoms with Gasteiger partial charge in [-0.05, 0) is 29.1 Å². The number of benzene rings is 1. The van der Waals surface area contributed by atoms with Gasteiger partial charge in [0.25, 0.3) is 0 Å². The number of aryl methyl sites for hydroxylation is 1. The molecule has 1 aromatic carbocycles. The van der Waals surface area contributed by atoms with Crippen LogP contribution in [0.15, 0.2) is 29.6 Å². The van der Waals surface area contributed by atoms with Crippen LogP contribution in [-0.4, -0.2) is 9.59 Å². The molecule has 0 amide bonds. The predicted octanol–water partition coefficient (Wildman–Crippen LogP) is 2.54. The lowest BCUT2D eigenvalue weighted by Crippen LogP contribution is -2.12. The molecule has 0 aliphatic rings. The Balaban J connectivity index is 2.15. The van der Waals surface area contributed by atoms with Gasteiger partial charge in [-0.15, -0.1) is 5.10 Å². The van der Waals surface area contributed by atoms with Gasteiger partial charge in [-0.3, -0.25) is 0 Å². The van der Waals surface area contributed by atoms with Crippen LogP contribution < -0.4 is 5.73 Å². The van der Waals surface area contributed by atoms with E-state index in [0.29, 0.717) is 0 Å². The first-order valence-corrected chi connectivity index (χ1v) is 6.26. The van der Waals surface area contributed by atoms with Crippen molar-refractivity contribution in [3.63, 3.8) is 0 Å². The van der Waals surface area contributed by atoms with Crippen molar-refractivity contribution in [3.05, 3.63) is 46.5 Å². The Labute approximate surface area is 99.5 Å². The Morgan fingerprint density at radius 2 is 2.06 bits per heavy atom. The summed E-state index contributed by atoms with van der Waals surface area (Å²) in [7, 11) is 0. The van der Waals surface area contributed by atoms with Crippen LogP contribution in [0.3, 0.4) is 0 Å². The number of nitrogens with zero attached hydrogens (tertiary/aromatic N) is 2. The summed E-state index contributed by atoms with van der Waals surface area (Å²) in [5.74, 6) is 0. The average Bonchev–Trinajstić information content (AvgIpc) is 2.83. The van der Waals surface area contributed by atoms with Gasteiger partial charge < -0.3 is 5.73 Å². The van der Waals surface area contributed by atoms with Gasteiger partial charge >= 0.3 is 0 Å². The van der Waals surface area contributed by atoms with Gasteiger partial charge in [0, 0.05) is 5.38 Å². The van der Waals surface area contributed by atoms with Gasteiger partial charge in [-0.2, -0.15) is 0 Å². The molecule has 3 nitrogen and oxygen atoms in total. The topological polar surface area (TPSA) is 51.8 Å². The highest BCUT2D eigenvalue weighted by molar-refractivity contribution is 7.03. The standard InChI is InChI=1S/C12H15N3S/c1-2-3-9-4-6-10(7-5-9)12(13)11-8-16-15-14-11/h4-8,12H,2-3,13H2,1H3. The van der Waals surface area contributed by atoms with Crippen LogP contribution >= 0.6 is 11.5 Å². The molecule has 2 rings (SSSR count). The lowest BCUT2D eigenvalue weighted by Gasteiger charge is -2.09. The van der Waals surface area contributed by atoms with Crippen molar-refractivity contribution in [2.75, 3.05) is 0 Å². The summed E-state index contributed by atoms with van der Waals surface area (Å²) >= 11 is 1.33. The van der Waals surface area contributed by atoms with Crippen molar-refractivity contribution < 1.29 is 0 Å². The highest BCUT2D eigenvalue weighted by atomic mass is 32.1. The molecule has 1 atom stereocenters. The van der Waals surface area contributed by atoms with Crippen molar-refractivity contribution in [1.82, 2.24) is 9.59 Å². The summed E-state index contributed by atoms with van der Waals surface area (Å²) in [6.45, 7) is 2.18. The molecule has 0 radical (unpaired) electrons. The molecule has 0 aliphatic carbocycles. The average molecular weight is 233 g/mol. The molecule has 0 saturated heterocycles. The van der Waals surface area contributed by atoms with Crippen LogP contribution in [0.2, 0.25) is 0 Å². The van der Waals surface area contributed by atoms with E-state index in [0.717, 1.165) is 17.7 Å². The van der Waals surface area contributed by atoms with E-state index in [9.17, 15) is 0 Å². The molecular weight excluding hydrogens is 218 g/mol. The zero-order valence-corrected chi connectivity index (χ0v) is 10.1. The summed E-state index contributed by atoms with van der Waals surface area (Å²) < 4.78 is 3.83. The molecule has 0 saturated carbocycles. The van der Waals surface area contributed by atoms with Gasteiger partial charge in [0.05, 0.1) is 11.7 Å². The van der Waals surface area contributed by atoms with E-state index in [2.05, 4.69) is 40.8 Å². The Morgan fingerprint density at radius 1 is 1.31 bits per heavy atom. The van der Waals surface area contributed by atoms with Gasteiger partial charge in [0.1, 0.15) is 0 Å². The molecule has 2 N–H and O–H groups in total. The molecule has 84 valence electrons. The van der Waals surface area contributed by atoms with Crippen molar-refractivity contribution in [2.45, 2.75) is 25.8 Å². The van der Waals surface area contributed by atoms with E-state index in [1.165, 1.54) is 23.5 Å². The second-order valence-electron chi connectivity index (χ2n) is 3.80. The van der Waals surface area contributed by atoms with Gasteiger partial charge in [-0.1, -0.05) is 42.1 Å². The zero-order chi connectivity index (χ0) is 11.4. The first-order valence-electron chi connectivity index (χ1n) is 5.42. The van der Waals surface area contributed by atoms with Crippen molar-refractivity contribution >= 4 is 11.5 Å². The molecule has 0 bridgehead atoms. The van der Waals surface area contributed by atoms with Gasteiger partial charge in [0.15, 0.2) is 0 Å². The first kappa shape index (κ1) is 11.2. The molecular formula is C12H15N3S. The highest BCUT2D eigenvalue weighted by Crippen LogP contribution is 2.19. The number of nitrogens with two attached hydrogens (primary N) is 1. The van der Waals surface area contributed by atoms with E-state index in [4.69, 9.17) is 5.73 Å². The summed E-state index contributed by atoms with van der Waals surface area (Å²) in [6, 6.07) is 8.27. The van der Waals surface area contributed by atoms with Crippen LogP contribution in [0, 0.1) is 0 Å². The Kier molecular flexibility index (Phi) is 3.64. The van der Waals surface area contributed by atoms with Crippen molar-refractivity contribution in [3.8, 4) is 0 Å². The minimum Gasteiger partial charge on any atom is -0.319 e. The zero-order valence-electron chi connectivity index (χ0n) is 9.26. The van der Waals surface area contributed by atoms with Crippen LogP contribution in [0.4, 0.5) is 0 Å². The minimum absolute atomic E-state index is 0.158. The fraction of sp³-hybridized carbons (Fsp3) is 0.333. The SMILES string of the molecule is CCCc1ccc(C(N)c2csnn2)cc1. The van der Waals surface area contributed by atoms with Gasteiger partial charge in [-0.25, -0.2) is 0 Å². The molecule has 4 heteroatoms. The van der Waals surface area contributed by atoms with E-state index in [-0.39, 0.29) is 6.04 Å². The smallest absolute Gasteiger partial charge is 0.0967 e.